The van der Waals surface area contributed by atoms with Gasteiger partial charge in [-0.15, -0.1) is 0 Å². The van der Waals surface area contributed by atoms with E-state index in [9.17, 15) is 8.42 Å². The van der Waals surface area contributed by atoms with Crippen molar-refractivity contribution in [1.29, 1.82) is 0 Å². The molecule has 0 amide bonds. The topological polar surface area (TPSA) is 90.6 Å². The average molecular weight is 300 g/mol. The molecule has 0 bridgehead atoms. The van der Waals surface area contributed by atoms with Crippen molar-refractivity contribution in [2.45, 2.75) is 23.8 Å². The van der Waals surface area contributed by atoms with E-state index in [1.54, 1.807) is 6.07 Å². The highest BCUT2D eigenvalue weighted by atomic mass is 32.2. The molecule has 0 radical (unpaired) electrons. The van der Waals surface area contributed by atoms with E-state index >= 15 is 0 Å². The Balaban J connectivity index is 2.27. The van der Waals surface area contributed by atoms with E-state index in [4.69, 9.17) is 15.2 Å². The van der Waals surface area contributed by atoms with Gasteiger partial charge < -0.3 is 15.2 Å². The molecule has 1 aliphatic carbocycles. The molecule has 1 atom stereocenters. The van der Waals surface area contributed by atoms with E-state index in [1.165, 1.54) is 26.4 Å². The maximum Gasteiger partial charge on any atom is 0.241 e. The van der Waals surface area contributed by atoms with Crippen LogP contribution in [0.25, 0.3) is 0 Å². The number of hydrogen-bond donors (Lipinski definition) is 2. The van der Waals surface area contributed by atoms with Crippen LogP contribution in [0.3, 0.4) is 0 Å². The number of hydrogen-bond acceptors (Lipinski definition) is 5. The Morgan fingerprint density at radius 1 is 1.25 bits per heavy atom. The molecule has 0 heterocycles. The monoisotopic (exact) mass is 300 g/mol. The number of ether oxygens (including phenoxy) is 2. The zero-order valence-corrected chi connectivity index (χ0v) is 12.4. The van der Waals surface area contributed by atoms with Gasteiger partial charge in [-0.1, -0.05) is 0 Å². The lowest BCUT2D eigenvalue weighted by Gasteiger charge is -2.17. The summed E-state index contributed by atoms with van der Waals surface area (Å²) in [5.74, 6) is 1.21. The van der Waals surface area contributed by atoms with E-state index in [0.29, 0.717) is 24.0 Å². The lowest BCUT2D eigenvalue weighted by Crippen LogP contribution is -2.41. The molecule has 0 aromatic heterocycles. The van der Waals surface area contributed by atoms with Crippen LogP contribution in [0.1, 0.15) is 12.8 Å². The first-order valence-corrected chi connectivity index (χ1v) is 7.94. The highest BCUT2D eigenvalue weighted by Gasteiger charge is 2.33. The van der Waals surface area contributed by atoms with Crippen LogP contribution in [0.5, 0.6) is 11.5 Å². The van der Waals surface area contributed by atoms with E-state index in [-0.39, 0.29) is 10.9 Å². The van der Waals surface area contributed by atoms with Crippen LogP contribution in [-0.4, -0.2) is 35.2 Å². The Morgan fingerprint density at radius 3 is 2.20 bits per heavy atom. The van der Waals surface area contributed by atoms with E-state index < -0.39 is 10.0 Å². The minimum Gasteiger partial charge on any atom is -0.497 e. The summed E-state index contributed by atoms with van der Waals surface area (Å²) in [4.78, 5) is 0.118. The fourth-order valence-electron chi connectivity index (χ4n) is 2.04. The molecule has 0 aliphatic heterocycles. The summed E-state index contributed by atoms with van der Waals surface area (Å²) in [6.07, 6.45) is 2.04. The summed E-state index contributed by atoms with van der Waals surface area (Å²) < 4.78 is 37.6. The predicted molar refractivity (Wildman–Crippen MR) is 75.4 cm³/mol. The zero-order valence-electron chi connectivity index (χ0n) is 11.6. The molecule has 1 aliphatic rings. The van der Waals surface area contributed by atoms with Crippen LogP contribution in [0, 0.1) is 5.92 Å². The van der Waals surface area contributed by atoms with Crippen LogP contribution < -0.4 is 19.9 Å². The summed E-state index contributed by atoms with van der Waals surface area (Å²) in [5.41, 5.74) is 5.63. The Hall–Kier alpha value is -1.31. The first kappa shape index (κ1) is 15.1. The predicted octanol–water partition coefficient (Wildman–Crippen LogP) is 0.719. The first-order valence-electron chi connectivity index (χ1n) is 6.45. The SMILES string of the molecule is COc1cc(OC)cc(S(=O)(=O)NC(CN)C2CC2)c1. The van der Waals surface area contributed by atoms with Crippen molar-refractivity contribution < 1.29 is 17.9 Å². The maximum atomic E-state index is 12.4. The molecule has 6 nitrogen and oxygen atoms in total. The number of rotatable bonds is 7. The van der Waals surface area contributed by atoms with Gasteiger partial charge >= 0.3 is 0 Å². The molecule has 1 fully saturated rings. The maximum absolute atomic E-state index is 12.4. The van der Waals surface area contributed by atoms with Gasteiger partial charge in [-0.25, -0.2) is 13.1 Å². The molecule has 112 valence electrons. The highest BCUT2D eigenvalue weighted by Crippen LogP contribution is 2.33. The molecule has 0 saturated heterocycles. The van der Waals surface area contributed by atoms with E-state index in [2.05, 4.69) is 4.72 Å². The number of nitrogens with one attached hydrogen (secondary N) is 1. The van der Waals surface area contributed by atoms with Crippen LogP contribution in [0.15, 0.2) is 23.1 Å². The highest BCUT2D eigenvalue weighted by molar-refractivity contribution is 7.89. The minimum absolute atomic E-state index is 0.118. The molecule has 0 spiro atoms. The van der Waals surface area contributed by atoms with Crippen LogP contribution >= 0.6 is 0 Å². The Morgan fingerprint density at radius 2 is 1.80 bits per heavy atom. The quantitative estimate of drug-likeness (QED) is 0.774. The molecule has 1 unspecified atom stereocenters. The summed E-state index contributed by atoms with van der Waals surface area (Å²) in [6, 6.07) is 4.34. The second-order valence-electron chi connectivity index (χ2n) is 4.85. The molecule has 2 rings (SSSR count). The van der Waals surface area contributed by atoms with Crippen molar-refractivity contribution in [2.24, 2.45) is 11.7 Å². The third-order valence-electron chi connectivity index (χ3n) is 3.39. The van der Waals surface area contributed by atoms with Gasteiger partial charge in [0.05, 0.1) is 19.1 Å². The van der Waals surface area contributed by atoms with E-state index in [0.717, 1.165) is 12.8 Å². The van der Waals surface area contributed by atoms with Crippen molar-refractivity contribution in [3.63, 3.8) is 0 Å². The second-order valence-corrected chi connectivity index (χ2v) is 6.56. The number of methoxy groups -OCH3 is 2. The smallest absolute Gasteiger partial charge is 0.241 e. The Labute approximate surface area is 119 Å². The molecule has 7 heteroatoms. The molecule has 1 aromatic carbocycles. The van der Waals surface area contributed by atoms with Gasteiger partial charge in [0.1, 0.15) is 11.5 Å². The minimum atomic E-state index is -3.63. The van der Waals surface area contributed by atoms with E-state index in [1.807, 2.05) is 0 Å². The zero-order chi connectivity index (χ0) is 14.8. The summed E-state index contributed by atoms with van der Waals surface area (Å²) in [7, 11) is -0.676. The third-order valence-corrected chi connectivity index (χ3v) is 4.86. The van der Waals surface area contributed by atoms with Gasteiger partial charge in [-0.2, -0.15) is 0 Å². The fraction of sp³-hybridized carbons (Fsp3) is 0.538. The molecule has 3 N–H and O–H groups in total. The normalized spacial score (nSPS) is 16.8. The molecular weight excluding hydrogens is 280 g/mol. The van der Waals surface area contributed by atoms with Crippen molar-refractivity contribution in [2.75, 3.05) is 20.8 Å². The van der Waals surface area contributed by atoms with Crippen molar-refractivity contribution >= 4 is 10.0 Å². The standard InChI is InChI=1S/C13H20N2O4S/c1-18-10-5-11(19-2)7-12(6-10)20(16,17)15-13(8-14)9-3-4-9/h5-7,9,13,15H,3-4,8,14H2,1-2H3. The van der Waals surface area contributed by atoms with Gasteiger partial charge in [-0.3, -0.25) is 0 Å². The fourth-order valence-corrected chi connectivity index (χ4v) is 3.41. The Kier molecular flexibility index (Phi) is 4.52. The number of nitrogens with two attached hydrogens (primary N) is 1. The average Bonchev–Trinajstić information content (AvgIpc) is 3.28. The van der Waals surface area contributed by atoms with Crippen molar-refractivity contribution in [1.82, 2.24) is 4.72 Å². The summed E-state index contributed by atoms with van der Waals surface area (Å²) in [6.45, 7) is 0.297. The molecule has 20 heavy (non-hydrogen) atoms. The summed E-state index contributed by atoms with van der Waals surface area (Å²) in [5, 5.41) is 0. The summed E-state index contributed by atoms with van der Waals surface area (Å²) >= 11 is 0. The van der Waals surface area contributed by atoms with Crippen LogP contribution in [0.2, 0.25) is 0 Å². The third kappa shape index (κ3) is 3.41. The van der Waals surface area contributed by atoms with Gasteiger partial charge in [0.25, 0.3) is 0 Å². The van der Waals surface area contributed by atoms with Gasteiger partial charge in [0, 0.05) is 30.8 Å². The lowest BCUT2D eigenvalue weighted by molar-refractivity contribution is 0.391. The van der Waals surface area contributed by atoms with Crippen molar-refractivity contribution in [3.8, 4) is 11.5 Å². The molecular formula is C13H20N2O4S. The van der Waals surface area contributed by atoms with Crippen molar-refractivity contribution in [3.05, 3.63) is 18.2 Å². The second kappa shape index (κ2) is 5.99. The van der Waals surface area contributed by atoms with Crippen LogP contribution in [0.4, 0.5) is 0 Å². The lowest BCUT2D eigenvalue weighted by atomic mass is 10.2. The van der Waals surface area contributed by atoms with Crippen LogP contribution in [-0.2, 0) is 10.0 Å². The van der Waals surface area contributed by atoms with Gasteiger partial charge in [0.2, 0.25) is 10.0 Å². The first-order chi connectivity index (χ1) is 9.50. The Bertz CT molecular complexity index is 547. The molecule has 1 saturated carbocycles. The molecule has 1 aromatic rings. The van der Waals surface area contributed by atoms with Gasteiger partial charge in [0.15, 0.2) is 0 Å². The van der Waals surface area contributed by atoms with Gasteiger partial charge in [-0.05, 0) is 18.8 Å². The number of sulfonamides is 1. The number of benzene rings is 1. The largest absolute Gasteiger partial charge is 0.497 e.